The van der Waals surface area contributed by atoms with Crippen LogP contribution in [0.5, 0.6) is 0 Å². The lowest BCUT2D eigenvalue weighted by Gasteiger charge is -2.45. The van der Waals surface area contributed by atoms with E-state index in [9.17, 15) is 0 Å². The Hall–Kier alpha value is -6.80. The molecule has 6 aromatic carbocycles. The molecule has 10 rings (SSSR count). The minimum atomic E-state index is 0.618. The smallest absolute Gasteiger partial charge is 0.227 e. The molecule has 2 aliphatic heterocycles. The predicted molar refractivity (Wildman–Crippen MR) is 213 cm³/mol. The molecule has 0 spiro atoms. The first-order valence-electron chi connectivity index (χ1n) is 17.8. The number of oxazole rings is 2. The van der Waals surface area contributed by atoms with Gasteiger partial charge in [-0.15, -0.1) is 0 Å². The molecule has 4 heterocycles. The van der Waals surface area contributed by atoms with Gasteiger partial charge < -0.3 is 18.6 Å². The van der Waals surface area contributed by atoms with Crippen LogP contribution in [-0.4, -0.2) is 29.1 Å². The van der Waals surface area contributed by atoms with Gasteiger partial charge in [0.25, 0.3) is 0 Å². The number of aromatic nitrogens is 2. The van der Waals surface area contributed by atoms with Crippen molar-refractivity contribution in [2.24, 2.45) is 9.98 Å². The largest absolute Gasteiger partial charge is 0.436 e. The molecule has 2 bridgehead atoms. The number of hydrogen-bond donors (Lipinski definition) is 0. The lowest BCUT2D eigenvalue weighted by Crippen LogP contribution is -2.46. The molecule has 0 amide bonds. The van der Waals surface area contributed by atoms with E-state index in [0.717, 1.165) is 86.7 Å². The van der Waals surface area contributed by atoms with Crippen LogP contribution >= 0.6 is 0 Å². The SMILES string of the molecule is Cc1ccc2oc(-c3ccc(/N=C/c4ccc5c(c4)CN4CN5Cc5cc(/C=N/c6ccc(-c7nc8cc(C)ccc8o7)cc6)ccc54)cc3)nc2c1. The van der Waals surface area contributed by atoms with E-state index in [-0.39, 0.29) is 0 Å². The van der Waals surface area contributed by atoms with Crippen molar-refractivity contribution >= 4 is 57.4 Å². The van der Waals surface area contributed by atoms with Crippen LogP contribution in [0.25, 0.3) is 45.1 Å². The van der Waals surface area contributed by atoms with Crippen molar-refractivity contribution in [1.29, 1.82) is 0 Å². The number of benzene rings is 6. The highest BCUT2D eigenvalue weighted by atomic mass is 16.4. The molecule has 0 unspecified atom stereocenters. The third-order valence-corrected chi connectivity index (χ3v) is 9.99. The summed E-state index contributed by atoms with van der Waals surface area (Å²) in [5.74, 6) is 1.24. The molecule has 256 valence electrons. The van der Waals surface area contributed by atoms with Crippen LogP contribution in [0.4, 0.5) is 22.7 Å². The summed E-state index contributed by atoms with van der Waals surface area (Å²) < 4.78 is 11.9. The van der Waals surface area contributed by atoms with Crippen molar-refractivity contribution in [2.75, 3.05) is 16.5 Å². The molecule has 0 radical (unpaired) electrons. The summed E-state index contributed by atoms with van der Waals surface area (Å²) in [6.07, 6.45) is 3.88. The topological polar surface area (TPSA) is 83.3 Å². The van der Waals surface area contributed by atoms with Gasteiger partial charge in [0.1, 0.15) is 11.0 Å². The van der Waals surface area contributed by atoms with Gasteiger partial charge in [0, 0.05) is 48.0 Å². The van der Waals surface area contributed by atoms with Gasteiger partial charge in [-0.1, -0.05) is 24.3 Å². The molecule has 0 N–H and O–H groups in total. The normalized spacial score (nSPS) is 13.8. The summed E-state index contributed by atoms with van der Waals surface area (Å²) in [7, 11) is 0. The molecule has 0 fully saturated rings. The van der Waals surface area contributed by atoms with E-state index in [4.69, 9.17) is 18.8 Å². The molecule has 0 aliphatic carbocycles. The van der Waals surface area contributed by atoms with Gasteiger partial charge >= 0.3 is 0 Å². The quantitative estimate of drug-likeness (QED) is 0.162. The highest BCUT2D eigenvalue weighted by Gasteiger charge is 2.29. The predicted octanol–water partition coefficient (Wildman–Crippen LogP) is 10.7. The fourth-order valence-electron chi connectivity index (χ4n) is 7.28. The van der Waals surface area contributed by atoms with Gasteiger partial charge in [-0.2, -0.15) is 0 Å². The zero-order chi connectivity index (χ0) is 35.5. The van der Waals surface area contributed by atoms with E-state index in [1.54, 1.807) is 0 Å². The van der Waals surface area contributed by atoms with E-state index >= 15 is 0 Å². The summed E-state index contributed by atoms with van der Waals surface area (Å²) in [5, 5.41) is 0. The summed E-state index contributed by atoms with van der Waals surface area (Å²) in [4.78, 5) is 23.8. The van der Waals surface area contributed by atoms with Crippen LogP contribution in [-0.2, 0) is 13.1 Å². The zero-order valence-electron chi connectivity index (χ0n) is 29.3. The molecule has 8 aromatic rings. The van der Waals surface area contributed by atoms with Crippen LogP contribution in [0, 0.1) is 13.8 Å². The van der Waals surface area contributed by atoms with Crippen molar-refractivity contribution in [2.45, 2.75) is 26.9 Å². The second-order valence-corrected chi connectivity index (χ2v) is 13.9. The number of hydrogen-bond acceptors (Lipinski definition) is 8. The van der Waals surface area contributed by atoms with E-state index in [1.165, 1.54) is 22.5 Å². The highest BCUT2D eigenvalue weighted by Crippen LogP contribution is 2.38. The average molecular weight is 691 g/mol. The number of aryl methyl sites for hydroxylation is 2. The lowest BCUT2D eigenvalue weighted by atomic mass is 9.99. The van der Waals surface area contributed by atoms with Crippen molar-refractivity contribution < 1.29 is 8.83 Å². The summed E-state index contributed by atoms with van der Waals surface area (Å²) in [6.45, 7) is 6.68. The Balaban J connectivity index is 0.812. The van der Waals surface area contributed by atoms with Gasteiger partial charge in [0.2, 0.25) is 11.8 Å². The molecule has 2 aromatic heterocycles. The molecule has 53 heavy (non-hydrogen) atoms. The van der Waals surface area contributed by atoms with E-state index in [1.807, 2.05) is 97.4 Å². The van der Waals surface area contributed by atoms with Gasteiger partial charge in [-0.05, 0) is 144 Å². The molecule has 8 heteroatoms. The maximum Gasteiger partial charge on any atom is 0.227 e. The Morgan fingerprint density at radius 3 is 1.43 bits per heavy atom. The molecule has 8 nitrogen and oxygen atoms in total. The monoisotopic (exact) mass is 690 g/mol. The first-order chi connectivity index (χ1) is 26.0. The van der Waals surface area contributed by atoms with Gasteiger partial charge in [-0.25, -0.2) is 9.97 Å². The first-order valence-corrected chi connectivity index (χ1v) is 17.8. The molecular weight excluding hydrogens is 657 g/mol. The van der Waals surface area contributed by atoms with Crippen molar-refractivity contribution in [3.8, 4) is 22.9 Å². The third-order valence-electron chi connectivity index (χ3n) is 9.99. The van der Waals surface area contributed by atoms with E-state index in [0.29, 0.717) is 11.8 Å². The maximum atomic E-state index is 5.97. The molecule has 0 atom stereocenters. The Labute approximate surface area is 306 Å². The Kier molecular flexibility index (Phi) is 7.28. The van der Waals surface area contributed by atoms with E-state index < -0.39 is 0 Å². The second kappa shape index (κ2) is 12.5. The standard InChI is InChI=1S/C45H34N6O2/c1-28-3-17-42-38(19-28)48-44(52-42)32-7-11-36(12-8-32)46-23-30-5-15-40-34(21-30)25-50-27-51(40)26-35-22-31(6-16-41(35)50)24-47-37-13-9-33(10-14-37)45-49-39-20-29(2)4-18-43(39)53-45/h3-24H,25-27H2,1-2H3/b46-23+,47-24+. The van der Waals surface area contributed by atoms with Crippen LogP contribution in [0.3, 0.4) is 0 Å². The molecular formula is C45H34N6O2. The van der Waals surface area contributed by atoms with Crippen LogP contribution in [0.15, 0.2) is 140 Å². The number of anilines is 2. The number of fused-ring (bicyclic) bond motifs is 8. The Bertz CT molecular complexity index is 2550. The van der Waals surface area contributed by atoms with Crippen LogP contribution in [0.1, 0.15) is 33.4 Å². The summed E-state index contributed by atoms with van der Waals surface area (Å²) in [6, 6.07) is 41.4. The minimum Gasteiger partial charge on any atom is -0.436 e. The number of rotatable bonds is 6. The van der Waals surface area contributed by atoms with E-state index in [2.05, 4.69) is 70.0 Å². The third kappa shape index (κ3) is 5.94. The minimum absolute atomic E-state index is 0.618. The number of aliphatic imine (C=N–C) groups is 2. The lowest BCUT2D eigenvalue weighted by molar-refractivity contribution is 0.619. The molecule has 0 saturated heterocycles. The van der Waals surface area contributed by atoms with Gasteiger partial charge in [-0.3, -0.25) is 9.98 Å². The highest BCUT2D eigenvalue weighted by molar-refractivity contribution is 5.86. The maximum absolute atomic E-state index is 5.97. The fraction of sp³-hybridized carbons (Fsp3) is 0.111. The zero-order valence-corrected chi connectivity index (χ0v) is 29.3. The Morgan fingerprint density at radius 2 is 0.981 bits per heavy atom. The van der Waals surface area contributed by atoms with Crippen molar-refractivity contribution in [1.82, 2.24) is 9.97 Å². The van der Waals surface area contributed by atoms with Gasteiger partial charge in [0.05, 0.1) is 18.0 Å². The molecule has 2 aliphatic rings. The fourth-order valence-corrected chi connectivity index (χ4v) is 7.28. The first kappa shape index (κ1) is 31.0. The molecule has 0 saturated carbocycles. The van der Waals surface area contributed by atoms with Crippen LogP contribution < -0.4 is 9.80 Å². The summed E-state index contributed by atoms with van der Waals surface area (Å²) in [5.41, 5.74) is 16.6. The van der Waals surface area contributed by atoms with Crippen molar-refractivity contribution in [3.63, 3.8) is 0 Å². The second-order valence-electron chi connectivity index (χ2n) is 13.9. The Morgan fingerprint density at radius 1 is 0.528 bits per heavy atom. The summed E-state index contributed by atoms with van der Waals surface area (Å²) >= 11 is 0. The average Bonchev–Trinajstić information content (AvgIpc) is 3.80. The number of nitrogens with zero attached hydrogens (tertiary/aromatic N) is 6. The van der Waals surface area contributed by atoms with Crippen molar-refractivity contribution in [3.05, 3.63) is 155 Å². The van der Waals surface area contributed by atoms with Gasteiger partial charge in [0.15, 0.2) is 11.2 Å². The van der Waals surface area contributed by atoms with Crippen LogP contribution in [0.2, 0.25) is 0 Å².